The maximum absolute atomic E-state index is 12.4. The average Bonchev–Trinajstić information content (AvgIpc) is 3.27. The third kappa shape index (κ3) is 3.79. The predicted molar refractivity (Wildman–Crippen MR) is 99.5 cm³/mol. The van der Waals surface area contributed by atoms with Crippen molar-refractivity contribution in [2.45, 2.75) is 39.0 Å². The van der Waals surface area contributed by atoms with Crippen LogP contribution in [0, 0.1) is 5.92 Å². The minimum atomic E-state index is -0.399. The van der Waals surface area contributed by atoms with Crippen LogP contribution in [0.5, 0.6) is 5.75 Å². The summed E-state index contributed by atoms with van der Waals surface area (Å²) >= 11 is 1.35. The number of nitrogens with one attached hydrogen (secondary N) is 1. The van der Waals surface area contributed by atoms with Crippen molar-refractivity contribution in [3.05, 3.63) is 23.1 Å². The monoisotopic (exact) mass is 361 g/mol. The number of methoxy groups -OCH3 is 1. The lowest BCUT2D eigenvalue weighted by Crippen LogP contribution is -2.20. The normalized spacial score (nSPS) is 14.6. The van der Waals surface area contributed by atoms with Crippen molar-refractivity contribution in [2.24, 2.45) is 5.92 Å². The van der Waals surface area contributed by atoms with E-state index in [0.717, 1.165) is 47.9 Å². The highest BCUT2D eigenvalue weighted by Crippen LogP contribution is 2.40. The average molecular weight is 361 g/mol. The third-order valence-corrected chi connectivity index (χ3v) is 5.59. The molecule has 3 rings (SSSR count). The molecular formula is C19H23NO4S. The van der Waals surface area contributed by atoms with Gasteiger partial charge in [-0.3, -0.25) is 4.79 Å². The topological polar surface area (TPSA) is 64.6 Å². The number of esters is 1. The van der Waals surface area contributed by atoms with E-state index < -0.39 is 5.97 Å². The van der Waals surface area contributed by atoms with Crippen LogP contribution in [0.3, 0.4) is 0 Å². The summed E-state index contributed by atoms with van der Waals surface area (Å²) in [5, 5.41) is 3.84. The molecule has 1 fully saturated rings. The first-order chi connectivity index (χ1) is 12.1. The van der Waals surface area contributed by atoms with Crippen LogP contribution in [0.15, 0.2) is 18.2 Å². The molecule has 1 heterocycles. The Bertz CT molecular complexity index is 777. The summed E-state index contributed by atoms with van der Waals surface area (Å²) in [6, 6.07) is 5.67. The number of hydrogen-bond donors (Lipinski definition) is 1. The highest BCUT2D eigenvalue weighted by molar-refractivity contribution is 7.21. The summed E-state index contributed by atoms with van der Waals surface area (Å²) in [6.45, 7) is 2.54. The molecule has 25 heavy (non-hydrogen) atoms. The van der Waals surface area contributed by atoms with Crippen LogP contribution in [0.1, 0.15) is 48.7 Å². The highest BCUT2D eigenvalue weighted by Gasteiger charge is 2.24. The Morgan fingerprint density at radius 3 is 2.72 bits per heavy atom. The second-order valence-corrected chi connectivity index (χ2v) is 7.33. The minimum absolute atomic E-state index is 0.0799. The number of hydrogen-bond acceptors (Lipinski definition) is 5. The Morgan fingerprint density at radius 2 is 2.04 bits per heavy atom. The van der Waals surface area contributed by atoms with Gasteiger partial charge in [0.05, 0.1) is 13.7 Å². The summed E-state index contributed by atoms with van der Waals surface area (Å²) in [6.07, 6.45) is 5.02. The largest absolute Gasteiger partial charge is 0.491 e. The Kier molecular flexibility index (Phi) is 5.58. The maximum Gasteiger partial charge on any atom is 0.351 e. The van der Waals surface area contributed by atoms with Crippen LogP contribution in [0.4, 0.5) is 5.69 Å². The molecule has 0 atom stereocenters. The van der Waals surface area contributed by atoms with Crippen molar-refractivity contribution >= 4 is 39.0 Å². The molecule has 0 bridgehead atoms. The van der Waals surface area contributed by atoms with E-state index in [2.05, 4.69) is 5.32 Å². The van der Waals surface area contributed by atoms with E-state index in [-0.39, 0.29) is 11.8 Å². The molecule has 134 valence electrons. The first-order valence-corrected chi connectivity index (χ1v) is 9.54. The van der Waals surface area contributed by atoms with Gasteiger partial charge < -0.3 is 14.8 Å². The van der Waals surface area contributed by atoms with Crippen molar-refractivity contribution < 1.29 is 19.1 Å². The quantitative estimate of drug-likeness (QED) is 0.763. The van der Waals surface area contributed by atoms with Crippen LogP contribution >= 0.6 is 11.3 Å². The van der Waals surface area contributed by atoms with E-state index in [1.54, 1.807) is 0 Å². The summed E-state index contributed by atoms with van der Waals surface area (Å²) in [7, 11) is 1.36. The molecule has 0 unspecified atom stereocenters. The number of carbonyl (C=O) groups is 2. The van der Waals surface area contributed by atoms with Crippen molar-refractivity contribution in [1.29, 1.82) is 0 Å². The molecule has 1 aromatic heterocycles. The predicted octanol–water partition coefficient (Wildman–Crippen LogP) is 4.61. The molecule has 0 aliphatic heterocycles. The summed E-state index contributed by atoms with van der Waals surface area (Å²) in [5.41, 5.74) is 0.736. The van der Waals surface area contributed by atoms with E-state index >= 15 is 0 Å². The lowest BCUT2D eigenvalue weighted by atomic mass is 10.1. The number of ether oxygens (including phenoxy) is 2. The lowest BCUT2D eigenvalue weighted by molar-refractivity contribution is -0.119. The minimum Gasteiger partial charge on any atom is -0.491 e. The zero-order valence-corrected chi connectivity index (χ0v) is 15.4. The van der Waals surface area contributed by atoms with Gasteiger partial charge in [-0.25, -0.2) is 4.79 Å². The van der Waals surface area contributed by atoms with Gasteiger partial charge in [-0.15, -0.1) is 11.3 Å². The first-order valence-electron chi connectivity index (χ1n) is 8.72. The number of carbonyl (C=O) groups excluding carboxylic acids is 2. The second-order valence-electron chi connectivity index (χ2n) is 6.28. The Hall–Kier alpha value is -2.08. The van der Waals surface area contributed by atoms with E-state index in [1.165, 1.54) is 18.4 Å². The van der Waals surface area contributed by atoms with Crippen LogP contribution in [0.2, 0.25) is 0 Å². The number of fused-ring (bicyclic) bond motifs is 1. The SMILES string of the molecule is CCCOc1c(C(=O)OC)sc2ccc(NC(=O)C3CCCC3)cc12. The number of thiophene rings is 1. The molecule has 0 spiro atoms. The number of rotatable bonds is 6. The fourth-order valence-electron chi connectivity index (χ4n) is 3.16. The van der Waals surface area contributed by atoms with Gasteiger partial charge in [0.1, 0.15) is 0 Å². The van der Waals surface area contributed by atoms with Crippen molar-refractivity contribution in [3.8, 4) is 5.75 Å². The second kappa shape index (κ2) is 7.87. The van der Waals surface area contributed by atoms with Gasteiger partial charge in [-0.1, -0.05) is 19.8 Å². The Labute approximate surface area is 151 Å². The van der Waals surface area contributed by atoms with Gasteiger partial charge >= 0.3 is 5.97 Å². The molecule has 2 aromatic rings. The first kappa shape index (κ1) is 17.7. The van der Waals surface area contributed by atoms with E-state index in [0.29, 0.717) is 17.2 Å². The fraction of sp³-hybridized carbons (Fsp3) is 0.474. The molecule has 1 aromatic carbocycles. The molecule has 5 nitrogen and oxygen atoms in total. The van der Waals surface area contributed by atoms with Crippen LogP contribution in [-0.2, 0) is 9.53 Å². The van der Waals surface area contributed by atoms with Crippen LogP contribution in [0.25, 0.3) is 10.1 Å². The molecule has 1 aliphatic rings. The molecule has 1 amide bonds. The van der Waals surface area contributed by atoms with Gasteiger partial charge in [0.25, 0.3) is 0 Å². The number of benzene rings is 1. The number of amides is 1. The smallest absolute Gasteiger partial charge is 0.351 e. The standard InChI is InChI=1S/C19H23NO4S/c1-3-10-24-16-14-11-13(20-18(21)12-6-4-5-7-12)8-9-15(14)25-17(16)19(22)23-2/h8-9,11-12H,3-7,10H2,1-2H3,(H,20,21). The Balaban J connectivity index is 1.91. The lowest BCUT2D eigenvalue weighted by Gasteiger charge is -2.11. The summed E-state index contributed by atoms with van der Waals surface area (Å²) in [4.78, 5) is 24.9. The molecule has 6 heteroatoms. The highest BCUT2D eigenvalue weighted by atomic mass is 32.1. The van der Waals surface area contributed by atoms with Crippen molar-refractivity contribution in [1.82, 2.24) is 0 Å². The van der Waals surface area contributed by atoms with Crippen molar-refractivity contribution in [2.75, 3.05) is 19.0 Å². The fourth-order valence-corrected chi connectivity index (χ4v) is 4.21. The van der Waals surface area contributed by atoms with E-state index in [9.17, 15) is 9.59 Å². The van der Waals surface area contributed by atoms with Gasteiger partial charge in [0.2, 0.25) is 5.91 Å². The zero-order valence-electron chi connectivity index (χ0n) is 14.6. The van der Waals surface area contributed by atoms with Crippen LogP contribution in [-0.4, -0.2) is 25.6 Å². The van der Waals surface area contributed by atoms with Gasteiger partial charge in [0.15, 0.2) is 10.6 Å². The Morgan fingerprint density at radius 1 is 1.28 bits per heavy atom. The maximum atomic E-state index is 12.4. The van der Waals surface area contributed by atoms with Gasteiger partial charge in [-0.05, 0) is 37.5 Å². The summed E-state index contributed by atoms with van der Waals surface area (Å²) in [5.74, 6) is 0.338. The van der Waals surface area contributed by atoms with E-state index in [1.807, 2.05) is 25.1 Å². The van der Waals surface area contributed by atoms with Gasteiger partial charge in [-0.2, -0.15) is 0 Å². The van der Waals surface area contributed by atoms with Crippen molar-refractivity contribution in [3.63, 3.8) is 0 Å². The molecule has 0 saturated heterocycles. The molecule has 1 aliphatic carbocycles. The molecule has 1 saturated carbocycles. The zero-order chi connectivity index (χ0) is 17.8. The summed E-state index contributed by atoms with van der Waals surface area (Å²) < 4.78 is 11.6. The van der Waals surface area contributed by atoms with Crippen LogP contribution < -0.4 is 10.1 Å². The third-order valence-electron chi connectivity index (χ3n) is 4.46. The van der Waals surface area contributed by atoms with Gasteiger partial charge in [0, 0.05) is 21.7 Å². The van der Waals surface area contributed by atoms with E-state index in [4.69, 9.17) is 9.47 Å². The number of anilines is 1. The molecule has 1 N–H and O–H groups in total. The molecular weight excluding hydrogens is 338 g/mol. The molecule has 0 radical (unpaired) electrons.